The molecule has 1 heterocycles. The third-order valence-electron chi connectivity index (χ3n) is 5.42. The molecule has 4 aromatic rings. The number of nitrogens with one attached hydrogen (secondary N) is 1. The molecule has 0 spiro atoms. The molecule has 0 bridgehead atoms. The number of benzene rings is 3. The van der Waals surface area contributed by atoms with Crippen LogP contribution in [-0.4, -0.2) is 29.0 Å². The lowest BCUT2D eigenvalue weighted by Crippen LogP contribution is -2.28. The summed E-state index contributed by atoms with van der Waals surface area (Å²) in [7, 11) is 1.92. The van der Waals surface area contributed by atoms with E-state index < -0.39 is 12.0 Å². The largest absolute Gasteiger partial charge is 0.454 e. The summed E-state index contributed by atoms with van der Waals surface area (Å²) in [4.78, 5) is 36.6. The number of Topliss-reactive ketones (excluding diaryl/α,β-unsaturated/α-hetero) is 1. The molecule has 4 rings (SSSR count). The molecule has 0 unspecified atom stereocenters. The minimum atomic E-state index is -0.625. The van der Waals surface area contributed by atoms with E-state index in [1.54, 1.807) is 24.3 Å². The third kappa shape index (κ3) is 4.62. The van der Waals surface area contributed by atoms with E-state index in [4.69, 9.17) is 10.5 Å². The Bertz CT molecular complexity index is 1330. The molecule has 0 atom stereocenters. The zero-order valence-electron chi connectivity index (χ0n) is 18.1. The van der Waals surface area contributed by atoms with Crippen molar-refractivity contribution in [2.24, 2.45) is 12.8 Å². The van der Waals surface area contributed by atoms with E-state index in [0.717, 1.165) is 27.7 Å². The van der Waals surface area contributed by atoms with Gasteiger partial charge in [-0.3, -0.25) is 4.79 Å². The second-order valence-electron chi connectivity index (χ2n) is 7.58. The standard InChI is InChI=1S/C26H23N3O4/c1-29-21-10-6-5-9-20(21)23(24(29)18-7-3-2-4-8-18)22(30)16-33-25(31)19-13-11-17(12-14-19)15-28-26(27)32/h2-14H,15-16H2,1H3,(H3,27,28,32). The fraction of sp³-hybridized carbons (Fsp3) is 0.115. The highest BCUT2D eigenvalue weighted by Gasteiger charge is 2.23. The van der Waals surface area contributed by atoms with E-state index >= 15 is 0 Å². The summed E-state index contributed by atoms with van der Waals surface area (Å²) in [6.07, 6.45) is 0. The zero-order chi connectivity index (χ0) is 23.4. The fourth-order valence-corrected chi connectivity index (χ4v) is 3.84. The van der Waals surface area contributed by atoms with Crippen LogP contribution in [0, 0.1) is 0 Å². The minimum absolute atomic E-state index is 0.256. The number of para-hydroxylation sites is 1. The van der Waals surface area contributed by atoms with Crippen LogP contribution in [0.5, 0.6) is 0 Å². The summed E-state index contributed by atoms with van der Waals surface area (Å²) in [6, 6.07) is 23.2. The van der Waals surface area contributed by atoms with Crippen molar-refractivity contribution in [1.82, 2.24) is 9.88 Å². The van der Waals surface area contributed by atoms with Crippen LogP contribution < -0.4 is 11.1 Å². The molecule has 0 saturated carbocycles. The molecule has 1 aromatic heterocycles. The average molecular weight is 441 g/mol. The first-order valence-electron chi connectivity index (χ1n) is 10.4. The maximum absolute atomic E-state index is 13.3. The number of ether oxygens (including phenoxy) is 1. The first-order chi connectivity index (χ1) is 16.0. The number of aromatic nitrogens is 1. The summed E-state index contributed by atoms with van der Waals surface area (Å²) in [6.45, 7) is -0.121. The van der Waals surface area contributed by atoms with Gasteiger partial charge in [0, 0.05) is 24.5 Å². The van der Waals surface area contributed by atoms with Gasteiger partial charge in [0.1, 0.15) is 0 Å². The summed E-state index contributed by atoms with van der Waals surface area (Å²) >= 11 is 0. The molecule has 7 heteroatoms. The highest BCUT2D eigenvalue weighted by atomic mass is 16.5. The number of carbonyl (C=O) groups is 3. The molecule has 166 valence electrons. The monoisotopic (exact) mass is 441 g/mol. The van der Waals surface area contributed by atoms with E-state index in [2.05, 4.69) is 5.32 Å². The lowest BCUT2D eigenvalue weighted by molar-refractivity contribution is 0.0475. The zero-order valence-corrected chi connectivity index (χ0v) is 18.1. The van der Waals surface area contributed by atoms with Crippen molar-refractivity contribution in [3.05, 3.63) is 95.6 Å². The van der Waals surface area contributed by atoms with Gasteiger partial charge in [-0.1, -0.05) is 60.7 Å². The number of nitrogens with two attached hydrogens (primary N) is 1. The van der Waals surface area contributed by atoms with Gasteiger partial charge in [-0.25, -0.2) is 9.59 Å². The predicted octanol–water partition coefficient (Wildman–Crippen LogP) is 4.05. The predicted molar refractivity (Wildman–Crippen MR) is 126 cm³/mol. The van der Waals surface area contributed by atoms with Crippen LogP contribution in [0.3, 0.4) is 0 Å². The number of nitrogens with zero attached hydrogens (tertiary/aromatic N) is 1. The Hall–Kier alpha value is -4.39. The van der Waals surface area contributed by atoms with Gasteiger partial charge in [-0.15, -0.1) is 0 Å². The number of urea groups is 1. The molecular weight excluding hydrogens is 418 g/mol. The van der Waals surface area contributed by atoms with Gasteiger partial charge in [0.15, 0.2) is 6.61 Å². The number of rotatable bonds is 7. The van der Waals surface area contributed by atoms with Crippen LogP contribution in [0.15, 0.2) is 78.9 Å². The van der Waals surface area contributed by atoms with Crippen LogP contribution in [0.1, 0.15) is 26.3 Å². The van der Waals surface area contributed by atoms with Crippen LogP contribution in [0.2, 0.25) is 0 Å². The van der Waals surface area contributed by atoms with Crippen molar-refractivity contribution in [1.29, 1.82) is 0 Å². The molecule has 3 aromatic carbocycles. The van der Waals surface area contributed by atoms with Crippen molar-refractivity contribution in [2.45, 2.75) is 6.54 Å². The maximum atomic E-state index is 13.3. The number of carbonyl (C=O) groups excluding carboxylic acids is 3. The Morgan fingerprint density at radius 3 is 2.27 bits per heavy atom. The molecular formula is C26H23N3O4. The molecule has 0 aliphatic rings. The molecule has 0 saturated heterocycles. The normalized spacial score (nSPS) is 10.7. The van der Waals surface area contributed by atoms with Gasteiger partial charge in [0.05, 0.1) is 16.8 Å². The van der Waals surface area contributed by atoms with Crippen molar-refractivity contribution in [3.8, 4) is 11.3 Å². The Balaban J connectivity index is 1.55. The number of hydrogen-bond acceptors (Lipinski definition) is 4. The van der Waals surface area contributed by atoms with Crippen LogP contribution in [-0.2, 0) is 18.3 Å². The van der Waals surface area contributed by atoms with Crippen molar-refractivity contribution in [3.63, 3.8) is 0 Å². The molecule has 0 radical (unpaired) electrons. The first-order valence-corrected chi connectivity index (χ1v) is 10.4. The Morgan fingerprint density at radius 1 is 0.909 bits per heavy atom. The van der Waals surface area contributed by atoms with Crippen molar-refractivity contribution >= 4 is 28.7 Å². The van der Waals surface area contributed by atoms with Crippen LogP contribution in [0.4, 0.5) is 4.79 Å². The number of fused-ring (bicyclic) bond motifs is 1. The number of ketones is 1. The molecule has 2 amide bonds. The van der Waals surface area contributed by atoms with E-state index in [1.165, 1.54) is 0 Å². The smallest absolute Gasteiger partial charge is 0.338 e. The topological polar surface area (TPSA) is 103 Å². The highest BCUT2D eigenvalue weighted by Crippen LogP contribution is 2.33. The molecule has 0 fully saturated rings. The SMILES string of the molecule is Cn1c(-c2ccccc2)c(C(=O)COC(=O)c2ccc(CNC(N)=O)cc2)c2ccccc21. The number of aryl methyl sites for hydroxylation is 1. The average Bonchev–Trinajstić information content (AvgIpc) is 3.14. The summed E-state index contributed by atoms with van der Waals surface area (Å²) in [5.41, 5.74) is 9.29. The van der Waals surface area contributed by atoms with Gasteiger partial charge >= 0.3 is 12.0 Å². The maximum Gasteiger partial charge on any atom is 0.338 e. The molecule has 0 aliphatic carbocycles. The number of amides is 2. The Morgan fingerprint density at radius 2 is 1.58 bits per heavy atom. The van der Waals surface area contributed by atoms with Gasteiger partial charge in [-0.05, 0) is 29.3 Å². The highest BCUT2D eigenvalue weighted by molar-refractivity contribution is 6.14. The van der Waals surface area contributed by atoms with Crippen molar-refractivity contribution in [2.75, 3.05) is 6.61 Å². The fourth-order valence-electron chi connectivity index (χ4n) is 3.84. The van der Waals surface area contributed by atoms with Gasteiger partial charge in [0.2, 0.25) is 5.78 Å². The molecule has 33 heavy (non-hydrogen) atoms. The van der Waals surface area contributed by atoms with E-state index in [0.29, 0.717) is 11.1 Å². The second-order valence-corrected chi connectivity index (χ2v) is 7.58. The molecule has 0 aliphatic heterocycles. The van der Waals surface area contributed by atoms with Gasteiger partial charge in [-0.2, -0.15) is 0 Å². The number of hydrogen-bond donors (Lipinski definition) is 2. The summed E-state index contributed by atoms with van der Waals surface area (Å²) < 4.78 is 7.33. The van der Waals surface area contributed by atoms with E-state index in [9.17, 15) is 14.4 Å². The van der Waals surface area contributed by atoms with E-state index in [-0.39, 0.29) is 18.9 Å². The van der Waals surface area contributed by atoms with Crippen LogP contribution >= 0.6 is 0 Å². The quantitative estimate of drug-likeness (QED) is 0.333. The second kappa shape index (κ2) is 9.40. The lowest BCUT2D eigenvalue weighted by atomic mass is 10.0. The van der Waals surface area contributed by atoms with Crippen LogP contribution in [0.25, 0.3) is 22.2 Å². The number of primary amides is 1. The number of esters is 1. The van der Waals surface area contributed by atoms with Gasteiger partial charge in [0.25, 0.3) is 0 Å². The minimum Gasteiger partial charge on any atom is -0.454 e. The van der Waals surface area contributed by atoms with E-state index in [1.807, 2.05) is 66.2 Å². The Labute approximate surface area is 190 Å². The third-order valence-corrected chi connectivity index (χ3v) is 5.42. The van der Waals surface area contributed by atoms with Crippen molar-refractivity contribution < 1.29 is 19.1 Å². The summed E-state index contributed by atoms with van der Waals surface area (Å²) in [5.74, 6) is -0.875. The van der Waals surface area contributed by atoms with Gasteiger partial charge < -0.3 is 20.4 Å². The molecule has 3 N–H and O–H groups in total. The Kier molecular flexibility index (Phi) is 6.22. The lowest BCUT2D eigenvalue weighted by Gasteiger charge is -2.09. The first kappa shape index (κ1) is 21.8. The molecule has 7 nitrogen and oxygen atoms in total. The summed E-state index contributed by atoms with van der Waals surface area (Å²) in [5, 5.41) is 3.29.